The first-order valence-corrected chi connectivity index (χ1v) is 7.04. The van der Waals surface area contributed by atoms with Gasteiger partial charge in [0, 0.05) is 37.9 Å². The molecule has 1 fully saturated rings. The Balaban J connectivity index is 1.66. The number of nitrogens with two attached hydrogens (primary N) is 1. The summed E-state index contributed by atoms with van der Waals surface area (Å²) in [6, 6.07) is 11.3. The highest BCUT2D eigenvalue weighted by Gasteiger charge is 2.22. The molecule has 21 heavy (non-hydrogen) atoms. The van der Waals surface area contributed by atoms with Gasteiger partial charge in [-0.1, -0.05) is 18.2 Å². The number of piperazine rings is 1. The number of amides is 1. The minimum Gasteiger partial charge on any atom is -0.396 e. The fraction of sp³-hybridized carbons (Fsp3) is 0.250. The molecular formula is C16H18N4O. The molecule has 0 aliphatic carbocycles. The van der Waals surface area contributed by atoms with Gasteiger partial charge in [0.2, 0.25) is 0 Å². The Kier molecular flexibility index (Phi) is 3.73. The van der Waals surface area contributed by atoms with E-state index in [-0.39, 0.29) is 5.91 Å². The third-order valence-electron chi connectivity index (χ3n) is 3.76. The number of nitrogen functional groups attached to an aromatic ring is 1. The van der Waals surface area contributed by atoms with E-state index in [2.05, 4.69) is 9.88 Å². The van der Waals surface area contributed by atoms with E-state index in [0.29, 0.717) is 18.8 Å². The molecule has 1 aromatic heterocycles. The maximum absolute atomic E-state index is 12.4. The second-order valence-electron chi connectivity index (χ2n) is 5.08. The van der Waals surface area contributed by atoms with Gasteiger partial charge in [0.05, 0.1) is 17.6 Å². The Morgan fingerprint density at radius 3 is 2.43 bits per heavy atom. The van der Waals surface area contributed by atoms with Crippen LogP contribution in [0.15, 0.2) is 48.8 Å². The number of carbonyl (C=O) groups excluding carboxylic acids is 1. The van der Waals surface area contributed by atoms with E-state index < -0.39 is 0 Å². The molecule has 108 valence electrons. The molecule has 0 atom stereocenters. The molecule has 1 aromatic carbocycles. The van der Waals surface area contributed by atoms with Crippen LogP contribution in [0.25, 0.3) is 0 Å². The zero-order valence-electron chi connectivity index (χ0n) is 11.8. The number of hydrogen-bond acceptors (Lipinski definition) is 4. The van der Waals surface area contributed by atoms with E-state index in [1.807, 2.05) is 41.3 Å². The lowest BCUT2D eigenvalue weighted by Gasteiger charge is -2.36. The molecule has 1 aliphatic heterocycles. The van der Waals surface area contributed by atoms with Gasteiger partial charge in [0.15, 0.2) is 0 Å². The van der Waals surface area contributed by atoms with Crippen molar-refractivity contribution in [2.45, 2.75) is 0 Å². The van der Waals surface area contributed by atoms with Crippen LogP contribution < -0.4 is 10.6 Å². The summed E-state index contributed by atoms with van der Waals surface area (Å²) in [7, 11) is 0. The van der Waals surface area contributed by atoms with Crippen LogP contribution in [0.5, 0.6) is 0 Å². The number of carbonyl (C=O) groups is 1. The van der Waals surface area contributed by atoms with Crippen molar-refractivity contribution in [2.24, 2.45) is 0 Å². The maximum Gasteiger partial charge on any atom is 0.253 e. The van der Waals surface area contributed by atoms with Gasteiger partial charge in [-0.3, -0.25) is 9.78 Å². The molecule has 3 rings (SSSR count). The lowest BCUT2D eigenvalue weighted by molar-refractivity contribution is 0.0747. The molecule has 5 nitrogen and oxygen atoms in total. The van der Waals surface area contributed by atoms with Crippen LogP contribution in [-0.2, 0) is 0 Å². The van der Waals surface area contributed by atoms with Gasteiger partial charge >= 0.3 is 0 Å². The minimum absolute atomic E-state index is 0.0953. The molecule has 5 heteroatoms. The fourth-order valence-electron chi connectivity index (χ4n) is 2.60. The van der Waals surface area contributed by atoms with Crippen molar-refractivity contribution >= 4 is 17.3 Å². The molecule has 2 N–H and O–H groups in total. The van der Waals surface area contributed by atoms with Gasteiger partial charge in [-0.15, -0.1) is 0 Å². The number of nitrogens with zero attached hydrogens (tertiary/aromatic N) is 3. The molecule has 1 amide bonds. The predicted molar refractivity (Wildman–Crippen MR) is 83.2 cm³/mol. The van der Waals surface area contributed by atoms with Crippen LogP contribution in [0.2, 0.25) is 0 Å². The molecule has 2 heterocycles. The Labute approximate surface area is 124 Å². The number of anilines is 2. The summed E-state index contributed by atoms with van der Waals surface area (Å²) < 4.78 is 0. The number of benzene rings is 1. The Bertz CT molecular complexity index is 621. The first-order chi connectivity index (χ1) is 10.3. The number of aromatic nitrogens is 1. The Hall–Kier alpha value is -2.56. The van der Waals surface area contributed by atoms with Gasteiger partial charge < -0.3 is 15.5 Å². The van der Waals surface area contributed by atoms with E-state index in [1.54, 1.807) is 12.4 Å². The molecule has 0 unspecified atom stereocenters. The van der Waals surface area contributed by atoms with E-state index in [9.17, 15) is 4.79 Å². The first-order valence-electron chi connectivity index (χ1n) is 7.04. The fourth-order valence-corrected chi connectivity index (χ4v) is 2.60. The van der Waals surface area contributed by atoms with E-state index in [4.69, 9.17) is 5.73 Å². The van der Waals surface area contributed by atoms with Crippen LogP contribution in [0.1, 0.15) is 10.4 Å². The molecule has 0 spiro atoms. The van der Waals surface area contributed by atoms with Crippen molar-refractivity contribution < 1.29 is 4.79 Å². The van der Waals surface area contributed by atoms with Gasteiger partial charge in [0.25, 0.3) is 5.91 Å². The lowest BCUT2D eigenvalue weighted by Crippen LogP contribution is -2.49. The van der Waals surface area contributed by atoms with Crippen molar-refractivity contribution in [1.82, 2.24) is 9.88 Å². The average Bonchev–Trinajstić information content (AvgIpc) is 2.56. The van der Waals surface area contributed by atoms with Crippen molar-refractivity contribution in [3.63, 3.8) is 0 Å². The zero-order chi connectivity index (χ0) is 14.7. The van der Waals surface area contributed by atoms with Crippen LogP contribution in [0, 0.1) is 0 Å². The third-order valence-corrected chi connectivity index (χ3v) is 3.76. The predicted octanol–water partition coefficient (Wildman–Crippen LogP) is 1.63. The minimum atomic E-state index is 0.0953. The number of pyridine rings is 1. The molecule has 2 aromatic rings. The van der Waals surface area contributed by atoms with Crippen molar-refractivity contribution in [1.29, 1.82) is 0 Å². The van der Waals surface area contributed by atoms with Crippen molar-refractivity contribution in [3.05, 3.63) is 54.4 Å². The van der Waals surface area contributed by atoms with Crippen LogP contribution >= 0.6 is 0 Å². The van der Waals surface area contributed by atoms with Gasteiger partial charge in [-0.2, -0.15) is 0 Å². The average molecular weight is 282 g/mol. The number of hydrogen-bond donors (Lipinski definition) is 1. The SMILES string of the molecule is Nc1cnccc1N1CCN(C(=O)c2ccccc2)CC1. The summed E-state index contributed by atoms with van der Waals surface area (Å²) in [5.41, 5.74) is 8.37. The smallest absolute Gasteiger partial charge is 0.253 e. The maximum atomic E-state index is 12.4. The second-order valence-corrected chi connectivity index (χ2v) is 5.08. The van der Waals surface area contributed by atoms with Gasteiger partial charge in [0.1, 0.15) is 0 Å². The Morgan fingerprint density at radius 1 is 1.05 bits per heavy atom. The van der Waals surface area contributed by atoms with E-state index in [1.165, 1.54) is 0 Å². The molecule has 0 radical (unpaired) electrons. The highest BCUT2D eigenvalue weighted by Crippen LogP contribution is 2.22. The highest BCUT2D eigenvalue weighted by molar-refractivity contribution is 5.94. The summed E-state index contributed by atoms with van der Waals surface area (Å²) in [4.78, 5) is 20.5. The van der Waals surface area contributed by atoms with Crippen LogP contribution in [0.4, 0.5) is 11.4 Å². The lowest BCUT2D eigenvalue weighted by atomic mass is 10.1. The zero-order valence-corrected chi connectivity index (χ0v) is 11.8. The van der Waals surface area contributed by atoms with E-state index >= 15 is 0 Å². The van der Waals surface area contributed by atoms with E-state index in [0.717, 1.165) is 24.3 Å². The summed E-state index contributed by atoms with van der Waals surface area (Å²) in [5.74, 6) is 0.0953. The molecule has 1 aliphatic rings. The van der Waals surface area contributed by atoms with Crippen LogP contribution in [0.3, 0.4) is 0 Å². The summed E-state index contributed by atoms with van der Waals surface area (Å²) in [5, 5.41) is 0. The summed E-state index contributed by atoms with van der Waals surface area (Å²) >= 11 is 0. The standard InChI is InChI=1S/C16H18N4O/c17-14-12-18-7-6-15(14)19-8-10-20(11-9-19)16(21)13-4-2-1-3-5-13/h1-7,12H,8-11,17H2. The largest absolute Gasteiger partial charge is 0.396 e. The van der Waals surface area contributed by atoms with Crippen molar-refractivity contribution in [3.8, 4) is 0 Å². The molecule has 1 saturated heterocycles. The number of rotatable bonds is 2. The van der Waals surface area contributed by atoms with Crippen molar-refractivity contribution in [2.75, 3.05) is 36.8 Å². The summed E-state index contributed by atoms with van der Waals surface area (Å²) in [6.45, 7) is 2.98. The van der Waals surface area contributed by atoms with Crippen LogP contribution in [-0.4, -0.2) is 42.0 Å². The molecular weight excluding hydrogens is 264 g/mol. The quantitative estimate of drug-likeness (QED) is 0.909. The summed E-state index contributed by atoms with van der Waals surface area (Å²) in [6.07, 6.45) is 3.41. The normalized spacial score (nSPS) is 15.0. The molecule has 0 saturated carbocycles. The first kappa shape index (κ1) is 13.4. The second kappa shape index (κ2) is 5.83. The highest BCUT2D eigenvalue weighted by atomic mass is 16.2. The van der Waals surface area contributed by atoms with Gasteiger partial charge in [-0.25, -0.2) is 0 Å². The monoisotopic (exact) mass is 282 g/mol. The Morgan fingerprint density at radius 2 is 1.76 bits per heavy atom. The van der Waals surface area contributed by atoms with Gasteiger partial charge in [-0.05, 0) is 18.2 Å². The molecule has 0 bridgehead atoms. The third kappa shape index (κ3) is 2.81. The topological polar surface area (TPSA) is 62.5 Å².